The van der Waals surface area contributed by atoms with E-state index < -0.39 is 10.8 Å². The summed E-state index contributed by atoms with van der Waals surface area (Å²) in [5.74, 6) is 2.00. The lowest BCUT2D eigenvalue weighted by Crippen LogP contribution is -2.65. The van der Waals surface area contributed by atoms with Crippen LogP contribution in [-0.4, -0.2) is 76.0 Å². The maximum atomic E-state index is 12.7. The van der Waals surface area contributed by atoms with E-state index in [9.17, 15) is 4.79 Å². The van der Waals surface area contributed by atoms with Crippen LogP contribution < -0.4 is 24.7 Å². The topological polar surface area (TPSA) is 78.2 Å². The van der Waals surface area contributed by atoms with E-state index in [1.165, 1.54) is 4.52 Å². The third-order valence-corrected chi connectivity index (χ3v) is 6.58. The Kier molecular flexibility index (Phi) is 5.60. The number of anilines is 1. The Morgan fingerprint density at radius 2 is 1.66 bits per heavy atom. The van der Waals surface area contributed by atoms with Crippen molar-refractivity contribution in [1.82, 2.24) is 14.6 Å². The Morgan fingerprint density at radius 3 is 2.34 bits per heavy atom. The number of piperidine rings is 1. The van der Waals surface area contributed by atoms with Crippen LogP contribution in [0.15, 0.2) is 29.1 Å². The summed E-state index contributed by atoms with van der Waals surface area (Å²) in [6.45, 7) is 7.02. The lowest BCUT2D eigenvalue weighted by molar-refractivity contribution is 0.0609. The summed E-state index contributed by atoms with van der Waals surface area (Å²) < 4.78 is 18.6. The van der Waals surface area contributed by atoms with Crippen molar-refractivity contribution < 1.29 is 14.2 Å². The smallest absolute Gasteiger partial charge is 0.277 e. The lowest BCUT2D eigenvalue weighted by Gasteiger charge is -2.48. The first-order valence-electron chi connectivity index (χ1n) is 11.4. The van der Waals surface area contributed by atoms with E-state index in [-0.39, 0.29) is 11.7 Å². The van der Waals surface area contributed by atoms with Gasteiger partial charge in [0, 0.05) is 54.1 Å². The average Bonchev–Trinajstić information content (AvgIpc) is 2.79. The van der Waals surface area contributed by atoms with Crippen molar-refractivity contribution in [1.29, 1.82) is 0 Å². The molecule has 2 aliphatic rings. The molecule has 1 aromatic carbocycles. The lowest BCUT2D eigenvalue weighted by atomic mass is 9.41. The highest BCUT2D eigenvalue weighted by Crippen LogP contribution is 2.41. The predicted octanol–water partition coefficient (Wildman–Crippen LogP) is 0.815. The van der Waals surface area contributed by atoms with Crippen LogP contribution in [0.25, 0.3) is 5.65 Å². The van der Waals surface area contributed by atoms with E-state index in [1.807, 2.05) is 19.9 Å². The molecule has 2 aliphatic heterocycles. The van der Waals surface area contributed by atoms with Gasteiger partial charge in [0.2, 0.25) is 0 Å². The summed E-state index contributed by atoms with van der Waals surface area (Å²) >= 11 is 0. The first kappa shape index (κ1) is 23.7. The average molecular weight is 462 g/mol. The Balaban J connectivity index is 1.29. The van der Waals surface area contributed by atoms with Crippen LogP contribution in [-0.2, 0) is 0 Å². The van der Waals surface area contributed by atoms with Crippen LogP contribution in [0.4, 0.5) is 5.82 Å². The van der Waals surface area contributed by atoms with E-state index in [0.29, 0.717) is 28.5 Å². The summed E-state index contributed by atoms with van der Waals surface area (Å²) in [6, 6.07) is 6.97. The minimum absolute atomic E-state index is 0.0209. The fourth-order valence-corrected chi connectivity index (χ4v) is 4.28. The van der Waals surface area contributed by atoms with Gasteiger partial charge in [-0.3, -0.25) is 4.79 Å². The van der Waals surface area contributed by atoms with Crippen molar-refractivity contribution in [3.05, 3.63) is 51.4 Å². The molecule has 35 heavy (non-hydrogen) atoms. The van der Waals surface area contributed by atoms with E-state index in [4.69, 9.17) is 45.6 Å². The Morgan fingerprint density at radius 1 is 1.00 bits per heavy atom. The molecule has 1 fully saturated rings. The highest BCUT2D eigenvalue weighted by atomic mass is 16.6. The molecule has 8 nitrogen and oxygen atoms in total. The number of nitrogens with zero attached hydrogens (tertiary/aromatic N) is 4. The first-order chi connectivity index (χ1) is 16.4. The van der Waals surface area contributed by atoms with Crippen LogP contribution in [0.1, 0.15) is 29.7 Å². The molecule has 3 aromatic rings. The number of hydrogen-bond donors (Lipinski definition) is 0. The van der Waals surface area contributed by atoms with Crippen molar-refractivity contribution in [3.8, 4) is 17.2 Å². The van der Waals surface area contributed by atoms with Gasteiger partial charge in [0.1, 0.15) is 43.2 Å². The molecule has 0 saturated carbocycles. The van der Waals surface area contributed by atoms with Gasteiger partial charge < -0.3 is 19.1 Å². The maximum Gasteiger partial charge on any atom is 0.277 e. The molecule has 170 valence electrons. The molecule has 0 spiro atoms. The molecule has 0 atom stereocenters. The third kappa shape index (κ3) is 4.17. The molecule has 12 heteroatoms. The van der Waals surface area contributed by atoms with Crippen molar-refractivity contribution in [2.45, 2.75) is 50.5 Å². The van der Waals surface area contributed by atoms with Gasteiger partial charge in [0.15, 0.2) is 23.0 Å². The van der Waals surface area contributed by atoms with Gasteiger partial charge in [0.25, 0.3) is 5.56 Å². The second-order valence-corrected chi connectivity index (χ2v) is 9.25. The van der Waals surface area contributed by atoms with Crippen molar-refractivity contribution >= 4 is 42.9 Å². The number of aryl methyl sites for hydroxylation is 2. The Hall–Kier alpha value is -3.03. The summed E-state index contributed by atoms with van der Waals surface area (Å²) in [4.78, 5) is 19.4. The van der Waals surface area contributed by atoms with Crippen LogP contribution in [0.2, 0.25) is 0 Å². The van der Waals surface area contributed by atoms with Gasteiger partial charge in [-0.25, -0.2) is 4.98 Å². The molecule has 0 amide bonds. The van der Waals surface area contributed by atoms with Crippen LogP contribution >= 0.6 is 0 Å². The number of hydrogen-bond acceptors (Lipinski definition) is 7. The molecule has 4 heterocycles. The molecule has 0 aliphatic carbocycles. The number of benzene rings is 1. The van der Waals surface area contributed by atoms with Crippen molar-refractivity contribution in [3.63, 3.8) is 0 Å². The second-order valence-electron chi connectivity index (χ2n) is 9.25. The second kappa shape index (κ2) is 8.28. The third-order valence-electron chi connectivity index (χ3n) is 6.58. The molecule has 0 bridgehead atoms. The molecule has 8 radical (unpaired) electrons. The largest absolute Gasteiger partial charge is 0.501 e. The Bertz CT molecular complexity index is 1370. The predicted molar refractivity (Wildman–Crippen MR) is 136 cm³/mol. The molecule has 0 N–H and O–H groups in total. The fraction of sp³-hybridized carbons (Fsp3) is 0.435. The monoisotopic (exact) mass is 462 g/mol. The summed E-state index contributed by atoms with van der Waals surface area (Å²) in [7, 11) is 23.3. The van der Waals surface area contributed by atoms with E-state index in [2.05, 4.69) is 15.0 Å². The normalized spacial score (nSPS) is 19.0. The minimum Gasteiger partial charge on any atom is -0.501 e. The summed E-state index contributed by atoms with van der Waals surface area (Å²) in [5, 5.41) is 0.863. The van der Waals surface area contributed by atoms with Crippen LogP contribution in [0.5, 0.6) is 17.2 Å². The number of fused-ring (bicyclic) bond motifs is 2. The molecule has 5 rings (SSSR count). The highest BCUT2D eigenvalue weighted by molar-refractivity contribution is 6.53. The zero-order valence-corrected chi connectivity index (χ0v) is 19.9. The first-order valence-corrected chi connectivity index (χ1v) is 11.4. The Labute approximate surface area is 209 Å². The maximum absolute atomic E-state index is 12.7. The van der Waals surface area contributed by atoms with E-state index in [1.54, 1.807) is 25.1 Å². The van der Waals surface area contributed by atoms with Crippen LogP contribution in [0.3, 0.4) is 0 Å². The van der Waals surface area contributed by atoms with Gasteiger partial charge in [-0.05, 0) is 44.5 Å². The number of aromatic nitrogens is 3. The number of ether oxygens (including phenoxy) is 3. The minimum atomic E-state index is -1.90. The van der Waals surface area contributed by atoms with Gasteiger partial charge in [0.05, 0.1) is 0 Å². The van der Waals surface area contributed by atoms with Gasteiger partial charge in [-0.1, -0.05) is 0 Å². The molecule has 2 aromatic heterocycles. The van der Waals surface area contributed by atoms with Gasteiger partial charge in [-0.15, -0.1) is 5.10 Å². The van der Waals surface area contributed by atoms with Crippen molar-refractivity contribution in [2.75, 3.05) is 18.0 Å². The summed E-state index contributed by atoms with van der Waals surface area (Å²) in [5.41, 5.74) is 2.69. The molecular formula is C23H22B4N4O4. The standard InChI is InChI=1S/C23H22B4N4O4/c1-12-10-19-28-14(3)13(2)21(32)31(19)29-20(12)30-8-6-15(7-9-30)33-16-4-5-17-18(11-16)35-23(26,27)22(24,25)34-17/h4-5,10-11,15H,6-9H2,1-3H3. The quantitative estimate of drug-likeness (QED) is 0.534. The zero-order valence-electron chi connectivity index (χ0n) is 19.9. The van der Waals surface area contributed by atoms with Crippen LogP contribution in [0, 0.1) is 20.8 Å². The molecule has 0 unspecified atom stereocenters. The molecular weight excluding hydrogens is 440 g/mol. The van der Waals surface area contributed by atoms with E-state index in [0.717, 1.165) is 43.0 Å². The van der Waals surface area contributed by atoms with Gasteiger partial charge in [-0.2, -0.15) is 4.52 Å². The van der Waals surface area contributed by atoms with Crippen molar-refractivity contribution in [2.24, 2.45) is 0 Å². The van der Waals surface area contributed by atoms with E-state index >= 15 is 0 Å². The highest BCUT2D eigenvalue weighted by Gasteiger charge is 2.43. The zero-order chi connectivity index (χ0) is 25.1. The summed E-state index contributed by atoms with van der Waals surface area (Å²) in [6.07, 6.45) is 1.51. The SMILES string of the molecule is [B]C1([B])Oc2ccc(OC3CCN(c4nn5c(=O)c(C)c(C)nc5cc4C)CC3)cc2OC1([B])[B]. The number of rotatable bonds is 3. The molecule has 1 saturated heterocycles. The fourth-order valence-electron chi connectivity index (χ4n) is 4.28. The van der Waals surface area contributed by atoms with Gasteiger partial charge >= 0.3 is 0 Å².